The lowest BCUT2D eigenvalue weighted by Crippen LogP contribution is -2.61. The molecule has 23 heavy (non-hydrogen) atoms. The molecule has 0 spiro atoms. The Hall–Kier alpha value is -1.97. The van der Waals surface area contributed by atoms with Crippen molar-refractivity contribution in [3.63, 3.8) is 0 Å². The van der Waals surface area contributed by atoms with Crippen molar-refractivity contribution in [3.05, 3.63) is 40.8 Å². The molecule has 0 radical (unpaired) electrons. The summed E-state index contributed by atoms with van der Waals surface area (Å²) in [5.41, 5.74) is -0.182. The first-order valence-electron chi connectivity index (χ1n) is 7.01. The highest BCUT2D eigenvalue weighted by molar-refractivity contribution is 5.83. The van der Waals surface area contributed by atoms with Crippen molar-refractivity contribution in [2.45, 2.75) is 30.7 Å². The third kappa shape index (κ3) is 2.82. The normalized spacial score (nSPS) is 31.2. The smallest absolute Gasteiger partial charge is 0.355 e. The second kappa shape index (κ2) is 5.91. The molecule has 8 nitrogen and oxygen atoms in total. The summed E-state index contributed by atoms with van der Waals surface area (Å²) in [6, 6.07) is 5.64. The summed E-state index contributed by atoms with van der Waals surface area (Å²) in [4.78, 5) is 12.0. The maximum absolute atomic E-state index is 12.0. The van der Waals surface area contributed by atoms with Gasteiger partial charge in [0.2, 0.25) is 0 Å². The van der Waals surface area contributed by atoms with Crippen molar-refractivity contribution in [2.75, 3.05) is 6.61 Å². The molecule has 4 atom stereocenters. The molecular formula is C15H16O8. The first-order chi connectivity index (χ1) is 10.9. The fourth-order valence-corrected chi connectivity index (χ4v) is 2.54. The van der Waals surface area contributed by atoms with Crippen LogP contribution >= 0.6 is 0 Å². The minimum absolute atomic E-state index is 0.0554. The van der Waals surface area contributed by atoms with E-state index in [0.717, 1.165) is 0 Å². The Balaban J connectivity index is 2.02. The van der Waals surface area contributed by atoms with E-state index in [1.807, 2.05) is 0 Å². The summed E-state index contributed by atoms with van der Waals surface area (Å²) in [7, 11) is 0. The van der Waals surface area contributed by atoms with Crippen molar-refractivity contribution in [3.8, 4) is 5.75 Å². The summed E-state index contributed by atoms with van der Waals surface area (Å²) >= 11 is 0. The predicted molar refractivity (Wildman–Crippen MR) is 76.7 cm³/mol. The average Bonchev–Trinajstić information content (AvgIpc) is 2.52. The van der Waals surface area contributed by atoms with Crippen LogP contribution in [0.25, 0.3) is 11.0 Å². The molecule has 1 aliphatic rings. The number of rotatable bonds is 3. The van der Waals surface area contributed by atoms with Crippen LogP contribution in [0.2, 0.25) is 0 Å². The highest BCUT2D eigenvalue weighted by Gasteiger charge is 2.51. The van der Waals surface area contributed by atoms with Crippen LogP contribution in [0.3, 0.4) is 0 Å². The molecule has 4 unspecified atom stereocenters. The zero-order chi connectivity index (χ0) is 16.6. The van der Waals surface area contributed by atoms with E-state index in [1.165, 1.54) is 30.5 Å². The monoisotopic (exact) mass is 324 g/mol. The third-order valence-corrected chi connectivity index (χ3v) is 3.69. The Morgan fingerprint density at radius 1 is 1.30 bits per heavy atom. The Morgan fingerprint density at radius 3 is 2.83 bits per heavy atom. The van der Waals surface area contributed by atoms with Gasteiger partial charge in [-0.1, -0.05) is 6.07 Å². The molecule has 2 heterocycles. The van der Waals surface area contributed by atoms with E-state index in [0.29, 0.717) is 0 Å². The van der Waals surface area contributed by atoms with Gasteiger partial charge in [0, 0.05) is 12.5 Å². The van der Waals surface area contributed by atoms with Gasteiger partial charge in [-0.15, -0.1) is 0 Å². The van der Waals surface area contributed by atoms with Gasteiger partial charge >= 0.3 is 5.97 Å². The number of aliphatic hydroxyl groups excluding tert-OH is 3. The SMILES string of the molecule is O=c1ccoc2cccc(OC3(O)OC(CO)CC(O)C3O)c12. The van der Waals surface area contributed by atoms with Gasteiger partial charge in [-0.2, -0.15) is 0 Å². The molecule has 1 aliphatic heterocycles. The fraction of sp³-hybridized carbons (Fsp3) is 0.400. The van der Waals surface area contributed by atoms with Crippen molar-refractivity contribution >= 4 is 11.0 Å². The highest BCUT2D eigenvalue weighted by atomic mass is 16.8. The lowest BCUT2D eigenvalue weighted by Gasteiger charge is -2.41. The summed E-state index contributed by atoms with van der Waals surface area (Å²) in [5.74, 6) is -2.69. The Kier molecular flexibility index (Phi) is 4.09. The standard InChI is InChI=1S/C15H16O8/c16-7-8-6-10(18)14(19)15(20,22-8)23-12-3-1-2-11-13(12)9(17)4-5-21-11/h1-5,8,10,14,16,18-20H,6-7H2. The van der Waals surface area contributed by atoms with Gasteiger partial charge in [-0.05, 0) is 12.1 Å². The molecule has 1 fully saturated rings. The van der Waals surface area contributed by atoms with Crippen molar-refractivity contribution in [2.24, 2.45) is 0 Å². The predicted octanol–water partition coefficient (Wildman–Crippen LogP) is -0.679. The molecule has 124 valence electrons. The zero-order valence-corrected chi connectivity index (χ0v) is 12.0. The molecule has 0 aliphatic carbocycles. The van der Waals surface area contributed by atoms with E-state index >= 15 is 0 Å². The Labute approximate surface area is 130 Å². The van der Waals surface area contributed by atoms with Crippen LogP contribution in [-0.4, -0.2) is 51.3 Å². The maximum Gasteiger partial charge on any atom is 0.355 e. The van der Waals surface area contributed by atoms with Gasteiger partial charge in [0.1, 0.15) is 16.7 Å². The third-order valence-electron chi connectivity index (χ3n) is 3.69. The molecule has 4 N–H and O–H groups in total. The van der Waals surface area contributed by atoms with E-state index in [-0.39, 0.29) is 23.1 Å². The van der Waals surface area contributed by atoms with Crippen LogP contribution in [0.5, 0.6) is 5.75 Å². The molecular weight excluding hydrogens is 308 g/mol. The molecule has 2 aromatic rings. The van der Waals surface area contributed by atoms with Crippen LogP contribution in [0, 0.1) is 0 Å². The minimum atomic E-state index is -2.61. The molecule has 8 heteroatoms. The van der Waals surface area contributed by atoms with Crippen molar-refractivity contribution < 1.29 is 34.3 Å². The molecule has 0 amide bonds. The van der Waals surface area contributed by atoms with Crippen LogP contribution < -0.4 is 10.2 Å². The van der Waals surface area contributed by atoms with E-state index in [4.69, 9.17) is 19.0 Å². The lowest BCUT2D eigenvalue weighted by atomic mass is 10.0. The zero-order valence-electron chi connectivity index (χ0n) is 12.0. The second-order valence-electron chi connectivity index (χ2n) is 5.32. The quantitative estimate of drug-likeness (QED) is 0.547. The Morgan fingerprint density at radius 2 is 2.09 bits per heavy atom. The number of aliphatic hydroxyl groups is 4. The molecule has 0 bridgehead atoms. The largest absolute Gasteiger partial charge is 0.464 e. The van der Waals surface area contributed by atoms with Crippen LogP contribution in [0.15, 0.2) is 39.7 Å². The second-order valence-corrected chi connectivity index (χ2v) is 5.32. The first-order valence-corrected chi connectivity index (χ1v) is 7.01. The van der Waals surface area contributed by atoms with Gasteiger partial charge in [-0.3, -0.25) is 4.79 Å². The number of hydrogen-bond donors (Lipinski definition) is 4. The van der Waals surface area contributed by atoms with E-state index in [9.17, 15) is 20.1 Å². The summed E-state index contributed by atoms with van der Waals surface area (Å²) < 4.78 is 15.6. The number of benzene rings is 1. The summed E-state index contributed by atoms with van der Waals surface area (Å²) in [5, 5.41) is 39.4. The number of hydrogen-bond acceptors (Lipinski definition) is 8. The first kappa shape index (κ1) is 15.9. The van der Waals surface area contributed by atoms with Crippen molar-refractivity contribution in [1.29, 1.82) is 0 Å². The van der Waals surface area contributed by atoms with Gasteiger partial charge < -0.3 is 34.3 Å². The number of fused-ring (bicyclic) bond motifs is 1. The van der Waals surface area contributed by atoms with E-state index < -0.39 is 36.3 Å². The topological polar surface area (TPSA) is 130 Å². The van der Waals surface area contributed by atoms with Gasteiger partial charge in [0.25, 0.3) is 0 Å². The molecule has 3 rings (SSSR count). The van der Waals surface area contributed by atoms with Crippen LogP contribution in [0.1, 0.15) is 6.42 Å². The van der Waals surface area contributed by atoms with Gasteiger partial charge in [-0.25, -0.2) is 0 Å². The summed E-state index contributed by atoms with van der Waals surface area (Å²) in [6.45, 7) is -0.479. The summed E-state index contributed by atoms with van der Waals surface area (Å²) in [6.07, 6.45) is -2.92. The number of ether oxygens (including phenoxy) is 2. The molecule has 1 aromatic carbocycles. The van der Waals surface area contributed by atoms with Crippen LogP contribution in [-0.2, 0) is 4.74 Å². The lowest BCUT2D eigenvalue weighted by molar-refractivity contribution is -0.407. The minimum Gasteiger partial charge on any atom is -0.464 e. The van der Waals surface area contributed by atoms with Gasteiger partial charge in [0.05, 0.1) is 25.1 Å². The molecule has 0 saturated carbocycles. The van der Waals surface area contributed by atoms with Crippen LogP contribution in [0.4, 0.5) is 0 Å². The average molecular weight is 324 g/mol. The maximum atomic E-state index is 12.0. The van der Waals surface area contributed by atoms with Crippen molar-refractivity contribution in [1.82, 2.24) is 0 Å². The Bertz CT molecular complexity index is 751. The van der Waals surface area contributed by atoms with Gasteiger partial charge in [0.15, 0.2) is 11.5 Å². The molecule has 1 aromatic heterocycles. The van der Waals surface area contributed by atoms with E-state index in [1.54, 1.807) is 0 Å². The molecule has 1 saturated heterocycles. The van der Waals surface area contributed by atoms with E-state index in [2.05, 4.69) is 0 Å². The fourth-order valence-electron chi connectivity index (χ4n) is 2.54. The highest BCUT2D eigenvalue weighted by Crippen LogP contribution is 2.32.